The zero-order chi connectivity index (χ0) is 26.7. The summed E-state index contributed by atoms with van der Waals surface area (Å²) in [5, 5.41) is 2.07. The van der Waals surface area contributed by atoms with Crippen molar-refractivity contribution in [1.29, 1.82) is 0 Å². The van der Waals surface area contributed by atoms with Crippen LogP contribution in [0.15, 0.2) is 47.0 Å². The monoisotopic (exact) mass is 528 g/mol. The Labute approximate surface area is 214 Å². The van der Waals surface area contributed by atoms with E-state index >= 15 is 0 Å². The number of carbonyl (C=O) groups excluding carboxylic acids is 2. The number of pyridine rings is 1. The Kier molecular flexibility index (Phi) is 7.91. The first kappa shape index (κ1) is 26.7. The molecule has 1 aliphatic rings. The number of aryl methyl sites for hydroxylation is 2. The van der Waals surface area contributed by atoms with Gasteiger partial charge in [0.05, 0.1) is 6.54 Å². The molecule has 2 amide bonds. The fourth-order valence-corrected chi connectivity index (χ4v) is 4.71. The Morgan fingerprint density at radius 3 is 2.76 bits per heavy atom. The molecule has 0 aliphatic carbocycles. The Morgan fingerprint density at radius 2 is 2.03 bits per heavy atom. The van der Waals surface area contributed by atoms with Gasteiger partial charge in [0, 0.05) is 50.8 Å². The standard InChI is InChI=1S/C25H29N4O7P/c1-17-20-7-5-6-8-21(20)35-22(17)15-28(4)23(30)11-9-18-13-19-10-12-24(31)29(25(19)26-14-18)16-34-37(32,33)36-27(2)3/h5-9,11,13-14H,10,12,15-16H2,1-4H3,(H,32,33)/b11-9+. The maximum atomic E-state index is 12.7. The summed E-state index contributed by atoms with van der Waals surface area (Å²) >= 11 is 0. The van der Waals surface area contributed by atoms with Crippen molar-refractivity contribution >= 4 is 42.5 Å². The van der Waals surface area contributed by atoms with Crippen LogP contribution in [0.2, 0.25) is 0 Å². The van der Waals surface area contributed by atoms with Crippen LogP contribution in [-0.4, -0.2) is 59.5 Å². The lowest BCUT2D eigenvalue weighted by atomic mass is 10.0. The van der Waals surface area contributed by atoms with E-state index in [-0.39, 0.29) is 18.2 Å². The zero-order valence-corrected chi connectivity index (χ0v) is 22.0. The van der Waals surface area contributed by atoms with Crippen molar-refractivity contribution in [3.63, 3.8) is 0 Å². The fraction of sp³-hybridized carbons (Fsp3) is 0.320. The number of amides is 2. The normalized spacial score (nSPS) is 15.4. The lowest BCUT2D eigenvalue weighted by molar-refractivity contribution is -0.125. The second kappa shape index (κ2) is 11.0. The van der Waals surface area contributed by atoms with E-state index in [1.807, 2.05) is 37.3 Å². The number of anilines is 1. The van der Waals surface area contributed by atoms with Crippen LogP contribution in [0, 0.1) is 6.92 Å². The quantitative estimate of drug-likeness (QED) is 0.252. The third-order valence-electron chi connectivity index (χ3n) is 5.86. The first-order valence-corrected chi connectivity index (χ1v) is 13.1. The topological polar surface area (TPSA) is 126 Å². The number of benzene rings is 1. The molecule has 0 saturated heterocycles. The van der Waals surface area contributed by atoms with Gasteiger partial charge in [0.2, 0.25) is 11.8 Å². The molecule has 4 rings (SSSR count). The highest BCUT2D eigenvalue weighted by Gasteiger charge is 2.30. The zero-order valence-electron chi connectivity index (χ0n) is 21.1. The number of furan rings is 1. The van der Waals surface area contributed by atoms with Gasteiger partial charge in [-0.3, -0.25) is 19.0 Å². The van der Waals surface area contributed by atoms with Crippen LogP contribution in [0.3, 0.4) is 0 Å². The highest BCUT2D eigenvalue weighted by Crippen LogP contribution is 2.44. The molecule has 0 saturated carbocycles. The number of para-hydroxylation sites is 1. The van der Waals surface area contributed by atoms with Gasteiger partial charge in [0.1, 0.15) is 23.9 Å². The smallest absolute Gasteiger partial charge is 0.459 e. The largest absolute Gasteiger partial charge is 0.490 e. The molecule has 1 atom stereocenters. The van der Waals surface area contributed by atoms with Crippen molar-refractivity contribution in [1.82, 2.24) is 14.9 Å². The third kappa shape index (κ3) is 6.33. The number of hydroxylamine groups is 2. The van der Waals surface area contributed by atoms with E-state index in [1.165, 1.54) is 31.3 Å². The number of phosphoric acid groups is 1. The molecule has 0 bridgehead atoms. The molecule has 11 nitrogen and oxygen atoms in total. The van der Waals surface area contributed by atoms with Crippen LogP contribution < -0.4 is 4.90 Å². The molecular formula is C25H29N4O7P. The Balaban J connectivity index is 1.42. The molecule has 37 heavy (non-hydrogen) atoms. The average Bonchev–Trinajstić information content (AvgIpc) is 3.16. The number of fused-ring (bicyclic) bond motifs is 2. The molecule has 1 N–H and O–H groups in total. The minimum absolute atomic E-state index is 0.188. The highest BCUT2D eigenvalue weighted by atomic mass is 31.2. The van der Waals surface area contributed by atoms with Crippen LogP contribution in [0.5, 0.6) is 0 Å². The van der Waals surface area contributed by atoms with Crippen LogP contribution in [0.1, 0.15) is 28.9 Å². The summed E-state index contributed by atoms with van der Waals surface area (Å²) < 4.78 is 27.6. The number of carbonyl (C=O) groups is 2. The van der Waals surface area contributed by atoms with E-state index in [4.69, 9.17) is 13.6 Å². The number of nitrogens with zero attached hydrogens (tertiary/aromatic N) is 4. The first-order chi connectivity index (χ1) is 17.5. The summed E-state index contributed by atoms with van der Waals surface area (Å²) in [7, 11) is 0.189. The maximum Gasteiger partial charge on any atom is 0.490 e. The number of hydrogen-bond acceptors (Lipinski definition) is 8. The summed E-state index contributed by atoms with van der Waals surface area (Å²) in [6.45, 7) is 1.82. The Bertz CT molecular complexity index is 1400. The lowest BCUT2D eigenvalue weighted by Crippen LogP contribution is -2.37. The van der Waals surface area contributed by atoms with Gasteiger partial charge in [-0.1, -0.05) is 18.2 Å². The summed E-state index contributed by atoms with van der Waals surface area (Å²) in [6.07, 6.45) is 5.27. The average molecular weight is 529 g/mol. The van der Waals surface area contributed by atoms with Crippen molar-refractivity contribution in [2.75, 3.05) is 32.8 Å². The van der Waals surface area contributed by atoms with Gasteiger partial charge in [-0.2, -0.15) is 9.69 Å². The number of aromatic nitrogens is 1. The van der Waals surface area contributed by atoms with Crippen molar-refractivity contribution < 1.29 is 32.6 Å². The summed E-state index contributed by atoms with van der Waals surface area (Å²) in [5.41, 5.74) is 3.23. The fourth-order valence-electron chi connectivity index (χ4n) is 3.99. The predicted molar refractivity (Wildman–Crippen MR) is 137 cm³/mol. The molecule has 12 heteroatoms. The van der Waals surface area contributed by atoms with E-state index in [9.17, 15) is 19.0 Å². The molecule has 3 heterocycles. The molecular weight excluding hydrogens is 499 g/mol. The van der Waals surface area contributed by atoms with Crippen molar-refractivity contribution in [3.05, 3.63) is 65.1 Å². The van der Waals surface area contributed by atoms with Crippen LogP contribution in [0.25, 0.3) is 17.0 Å². The second-order valence-electron chi connectivity index (χ2n) is 8.87. The van der Waals surface area contributed by atoms with Gasteiger partial charge in [-0.05, 0) is 42.7 Å². The summed E-state index contributed by atoms with van der Waals surface area (Å²) in [5.74, 6) is 0.576. The van der Waals surface area contributed by atoms with Crippen molar-refractivity contribution in [3.8, 4) is 0 Å². The molecule has 196 valence electrons. The predicted octanol–water partition coefficient (Wildman–Crippen LogP) is 3.65. The van der Waals surface area contributed by atoms with Gasteiger partial charge < -0.3 is 14.2 Å². The maximum absolute atomic E-state index is 12.7. The molecule has 1 aromatic carbocycles. The molecule has 1 aliphatic heterocycles. The van der Waals surface area contributed by atoms with Crippen LogP contribution in [-0.2, 0) is 36.3 Å². The van der Waals surface area contributed by atoms with Gasteiger partial charge in [0.25, 0.3) is 0 Å². The number of hydrogen-bond donors (Lipinski definition) is 1. The molecule has 0 spiro atoms. The van der Waals surface area contributed by atoms with Crippen LogP contribution in [0.4, 0.5) is 5.82 Å². The Morgan fingerprint density at radius 1 is 1.27 bits per heavy atom. The van der Waals surface area contributed by atoms with Crippen LogP contribution >= 0.6 is 7.82 Å². The molecule has 0 fully saturated rings. The molecule has 1 unspecified atom stereocenters. The Hall–Kier alpha value is -3.34. The molecule has 3 aromatic rings. The van der Waals surface area contributed by atoms with Gasteiger partial charge >= 0.3 is 7.82 Å². The molecule has 0 radical (unpaired) electrons. The van der Waals surface area contributed by atoms with Gasteiger partial charge in [-0.25, -0.2) is 9.55 Å². The van der Waals surface area contributed by atoms with Gasteiger partial charge in [0.15, 0.2) is 0 Å². The second-order valence-corrected chi connectivity index (χ2v) is 10.2. The summed E-state index contributed by atoms with van der Waals surface area (Å²) in [6, 6.07) is 9.57. The first-order valence-electron chi connectivity index (χ1n) is 11.6. The minimum atomic E-state index is -4.39. The summed E-state index contributed by atoms with van der Waals surface area (Å²) in [4.78, 5) is 42.0. The molecule has 2 aromatic heterocycles. The van der Waals surface area contributed by atoms with E-state index in [0.29, 0.717) is 24.3 Å². The van der Waals surface area contributed by atoms with Crippen molar-refractivity contribution in [2.24, 2.45) is 0 Å². The van der Waals surface area contributed by atoms with Crippen molar-refractivity contribution in [2.45, 2.75) is 26.3 Å². The highest BCUT2D eigenvalue weighted by molar-refractivity contribution is 7.47. The van der Waals surface area contributed by atoms with Gasteiger partial charge in [-0.15, -0.1) is 0 Å². The third-order valence-corrected chi connectivity index (χ3v) is 6.84. The number of likely N-dealkylation sites (N-methyl/N-ethyl adjacent to an activating group) is 1. The van der Waals surface area contributed by atoms with E-state index in [0.717, 1.165) is 32.9 Å². The lowest BCUT2D eigenvalue weighted by Gasteiger charge is -2.28. The minimum Gasteiger partial charge on any atom is -0.459 e. The van der Waals surface area contributed by atoms with E-state index in [2.05, 4.69) is 4.98 Å². The SMILES string of the molecule is Cc1c(CN(C)C(=O)/C=C/c2cnc3c(c2)CCC(=O)N3COP(=O)(O)ON(C)C)oc2ccccc12. The number of phosphoric ester groups is 1. The van der Waals surface area contributed by atoms with E-state index in [1.54, 1.807) is 18.0 Å². The number of rotatable bonds is 9. The van der Waals surface area contributed by atoms with E-state index < -0.39 is 14.6 Å².